The van der Waals surface area contributed by atoms with Gasteiger partial charge in [-0.15, -0.1) is 0 Å². The maximum Gasteiger partial charge on any atom is 0.224 e. The second-order valence-corrected chi connectivity index (χ2v) is 7.72. The van der Waals surface area contributed by atoms with Crippen molar-refractivity contribution >= 4 is 11.8 Å². The molecule has 26 heavy (non-hydrogen) atoms. The molecule has 1 aliphatic carbocycles. The molecule has 0 spiro atoms. The number of piperidine rings is 1. The molecule has 1 N–H and O–H groups in total. The molecule has 1 aromatic carbocycles. The highest BCUT2D eigenvalue weighted by Crippen LogP contribution is 2.28. The van der Waals surface area contributed by atoms with E-state index in [9.17, 15) is 14.0 Å². The number of hydrogen-bond donors (Lipinski definition) is 1. The summed E-state index contributed by atoms with van der Waals surface area (Å²) in [6.45, 7) is 1.51. The van der Waals surface area contributed by atoms with Crippen molar-refractivity contribution in [2.24, 2.45) is 11.8 Å². The second-order valence-electron chi connectivity index (χ2n) is 7.72. The maximum absolute atomic E-state index is 13.3. The van der Waals surface area contributed by atoms with Gasteiger partial charge in [-0.25, -0.2) is 4.39 Å². The summed E-state index contributed by atoms with van der Waals surface area (Å²) in [5, 5.41) is 3.05. The van der Waals surface area contributed by atoms with Crippen molar-refractivity contribution in [3.05, 3.63) is 35.6 Å². The van der Waals surface area contributed by atoms with Gasteiger partial charge in [0, 0.05) is 26.1 Å². The summed E-state index contributed by atoms with van der Waals surface area (Å²) in [4.78, 5) is 26.3. The summed E-state index contributed by atoms with van der Waals surface area (Å²) in [6.07, 6.45) is 8.62. The minimum Gasteiger partial charge on any atom is -0.356 e. The molecule has 0 bridgehead atoms. The fourth-order valence-corrected chi connectivity index (χ4v) is 4.18. The number of amides is 2. The molecule has 0 aromatic heterocycles. The lowest BCUT2D eigenvalue weighted by Gasteiger charge is -2.32. The number of carbonyl (C=O) groups excluding carboxylic acids is 2. The van der Waals surface area contributed by atoms with Gasteiger partial charge in [-0.3, -0.25) is 9.59 Å². The predicted octanol–water partition coefficient (Wildman–Crippen LogP) is 3.65. The van der Waals surface area contributed by atoms with E-state index in [1.165, 1.54) is 44.2 Å². The van der Waals surface area contributed by atoms with Gasteiger partial charge in [-0.1, -0.05) is 37.8 Å². The van der Waals surface area contributed by atoms with E-state index in [4.69, 9.17) is 0 Å². The Hall–Kier alpha value is -1.91. The highest BCUT2D eigenvalue weighted by Gasteiger charge is 2.30. The Kier molecular flexibility index (Phi) is 6.64. The van der Waals surface area contributed by atoms with Gasteiger partial charge in [0.2, 0.25) is 11.8 Å². The Morgan fingerprint density at radius 3 is 2.81 bits per heavy atom. The number of nitrogens with one attached hydrogen (secondary N) is 1. The molecule has 5 heteroatoms. The highest BCUT2D eigenvalue weighted by atomic mass is 19.1. The number of nitrogens with zero attached hydrogens (tertiary/aromatic N) is 1. The molecule has 1 saturated heterocycles. The van der Waals surface area contributed by atoms with E-state index in [0.29, 0.717) is 25.9 Å². The molecule has 1 aromatic rings. The van der Waals surface area contributed by atoms with Gasteiger partial charge in [0.25, 0.3) is 0 Å². The molecule has 2 fully saturated rings. The van der Waals surface area contributed by atoms with Crippen LogP contribution in [-0.2, 0) is 16.1 Å². The van der Waals surface area contributed by atoms with Crippen LogP contribution in [0.3, 0.4) is 0 Å². The van der Waals surface area contributed by atoms with Crippen LogP contribution in [0.1, 0.15) is 56.9 Å². The number of likely N-dealkylation sites (tertiary alicyclic amines) is 1. The van der Waals surface area contributed by atoms with Gasteiger partial charge >= 0.3 is 0 Å². The lowest BCUT2D eigenvalue weighted by molar-refractivity contribution is -0.138. The van der Waals surface area contributed by atoms with Gasteiger partial charge in [-0.05, 0) is 42.9 Å². The molecule has 1 saturated carbocycles. The first kappa shape index (κ1) is 18.9. The van der Waals surface area contributed by atoms with E-state index < -0.39 is 0 Å². The molecule has 1 aliphatic heterocycles. The van der Waals surface area contributed by atoms with Gasteiger partial charge in [0.1, 0.15) is 5.82 Å². The van der Waals surface area contributed by atoms with E-state index in [1.807, 2.05) is 6.07 Å². The average molecular weight is 360 g/mol. The van der Waals surface area contributed by atoms with E-state index in [-0.39, 0.29) is 23.5 Å². The highest BCUT2D eigenvalue weighted by molar-refractivity contribution is 5.83. The van der Waals surface area contributed by atoms with Crippen LogP contribution < -0.4 is 5.32 Å². The summed E-state index contributed by atoms with van der Waals surface area (Å²) >= 11 is 0. The molecule has 2 amide bonds. The fraction of sp³-hybridized carbons (Fsp3) is 0.619. The number of benzene rings is 1. The van der Waals surface area contributed by atoms with Crippen molar-refractivity contribution in [1.29, 1.82) is 0 Å². The molecule has 0 radical (unpaired) electrons. The molecule has 3 rings (SSSR count). The third-order valence-corrected chi connectivity index (χ3v) is 5.70. The Morgan fingerprint density at radius 2 is 2.04 bits per heavy atom. The van der Waals surface area contributed by atoms with Crippen LogP contribution in [0.4, 0.5) is 4.39 Å². The maximum atomic E-state index is 13.3. The van der Waals surface area contributed by atoms with Crippen LogP contribution in [0.15, 0.2) is 24.3 Å². The average Bonchev–Trinajstić information content (AvgIpc) is 3.14. The van der Waals surface area contributed by atoms with Crippen molar-refractivity contribution in [3.8, 4) is 0 Å². The van der Waals surface area contributed by atoms with Gasteiger partial charge in [0.15, 0.2) is 0 Å². The third kappa shape index (κ3) is 5.29. The Labute approximate surface area is 155 Å². The summed E-state index contributed by atoms with van der Waals surface area (Å²) in [5.74, 6) is 0.477. The number of carbonyl (C=O) groups is 2. The first-order valence-electron chi connectivity index (χ1n) is 9.92. The first-order valence-corrected chi connectivity index (χ1v) is 9.92. The zero-order valence-corrected chi connectivity index (χ0v) is 15.4. The molecule has 142 valence electrons. The van der Waals surface area contributed by atoms with Crippen LogP contribution >= 0.6 is 0 Å². The van der Waals surface area contributed by atoms with Gasteiger partial charge in [-0.2, -0.15) is 0 Å². The quantitative estimate of drug-likeness (QED) is 0.755. The molecular formula is C21H29FN2O2. The predicted molar refractivity (Wildman–Crippen MR) is 98.7 cm³/mol. The van der Waals surface area contributed by atoms with Crippen LogP contribution in [-0.4, -0.2) is 29.8 Å². The Balaban J connectivity index is 1.44. The molecule has 1 atom stereocenters. The van der Waals surface area contributed by atoms with E-state index in [1.54, 1.807) is 11.0 Å². The molecule has 2 aliphatic rings. The minimum absolute atomic E-state index is 0.0412. The topological polar surface area (TPSA) is 49.4 Å². The number of halogens is 1. The molecule has 4 nitrogen and oxygen atoms in total. The zero-order chi connectivity index (χ0) is 18.4. The second kappa shape index (κ2) is 9.15. The summed E-state index contributed by atoms with van der Waals surface area (Å²) in [7, 11) is 0. The molecular weight excluding hydrogens is 331 g/mol. The van der Waals surface area contributed by atoms with Crippen molar-refractivity contribution in [3.63, 3.8) is 0 Å². The standard InChI is InChI=1S/C21H29FN2O2/c22-19-9-3-7-17(13-19)14-24-15-18(10-11-20(24)25)21(26)23-12-4-8-16-5-1-2-6-16/h3,7,9,13,16,18H,1-2,4-6,8,10-12,14-15H2,(H,23,26)/t18-/m1/s1. The Morgan fingerprint density at radius 1 is 1.23 bits per heavy atom. The summed E-state index contributed by atoms with van der Waals surface area (Å²) < 4.78 is 13.3. The number of hydrogen-bond acceptors (Lipinski definition) is 2. The SMILES string of the molecule is O=C(NCCCC1CCCC1)[C@@H]1CCC(=O)N(Cc2cccc(F)c2)C1. The van der Waals surface area contributed by atoms with Crippen LogP contribution in [0.2, 0.25) is 0 Å². The zero-order valence-electron chi connectivity index (χ0n) is 15.4. The lowest BCUT2D eigenvalue weighted by atomic mass is 9.96. The largest absolute Gasteiger partial charge is 0.356 e. The number of rotatable bonds is 7. The van der Waals surface area contributed by atoms with Gasteiger partial charge in [0.05, 0.1) is 5.92 Å². The summed E-state index contributed by atoms with van der Waals surface area (Å²) in [6, 6.07) is 6.29. The van der Waals surface area contributed by atoms with E-state index in [0.717, 1.165) is 24.4 Å². The summed E-state index contributed by atoms with van der Waals surface area (Å²) in [5.41, 5.74) is 0.760. The Bertz CT molecular complexity index is 628. The van der Waals surface area contributed by atoms with Crippen molar-refractivity contribution in [2.75, 3.05) is 13.1 Å². The fourth-order valence-electron chi connectivity index (χ4n) is 4.18. The first-order chi connectivity index (χ1) is 12.6. The van der Waals surface area contributed by atoms with Crippen LogP contribution in [0, 0.1) is 17.7 Å². The van der Waals surface area contributed by atoms with E-state index >= 15 is 0 Å². The molecule has 1 heterocycles. The van der Waals surface area contributed by atoms with Crippen molar-refractivity contribution in [1.82, 2.24) is 10.2 Å². The van der Waals surface area contributed by atoms with Gasteiger partial charge < -0.3 is 10.2 Å². The smallest absolute Gasteiger partial charge is 0.224 e. The van der Waals surface area contributed by atoms with Crippen LogP contribution in [0.5, 0.6) is 0 Å². The minimum atomic E-state index is -0.302. The lowest BCUT2D eigenvalue weighted by Crippen LogP contribution is -2.45. The normalized spacial score (nSPS) is 21.2. The van der Waals surface area contributed by atoms with Crippen molar-refractivity contribution < 1.29 is 14.0 Å². The monoisotopic (exact) mass is 360 g/mol. The third-order valence-electron chi connectivity index (χ3n) is 5.70. The van der Waals surface area contributed by atoms with E-state index in [2.05, 4.69) is 5.32 Å². The molecule has 0 unspecified atom stereocenters. The van der Waals surface area contributed by atoms with Crippen LogP contribution in [0.25, 0.3) is 0 Å². The van der Waals surface area contributed by atoms with Crippen molar-refractivity contribution in [2.45, 2.75) is 57.9 Å².